The molecule has 4 aromatic rings. The van der Waals surface area contributed by atoms with Gasteiger partial charge in [-0.1, -0.05) is 17.3 Å². The first-order chi connectivity index (χ1) is 14.0. The Hall–Kier alpha value is -3.44. The van der Waals surface area contributed by atoms with Crippen LogP contribution in [0, 0.1) is 5.82 Å². The Morgan fingerprint density at radius 3 is 2.76 bits per heavy atom. The van der Waals surface area contributed by atoms with Gasteiger partial charge in [0.1, 0.15) is 5.82 Å². The van der Waals surface area contributed by atoms with Gasteiger partial charge in [-0.05, 0) is 36.4 Å². The number of aliphatic hydroxyl groups is 1. The molecule has 0 aliphatic carbocycles. The summed E-state index contributed by atoms with van der Waals surface area (Å²) < 4.78 is 39.2. The van der Waals surface area contributed by atoms with Crippen molar-refractivity contribution in [1.29, 1.82) is 0 Å². The Kier molecular flexibility index (Phi) is 4.91. The van der Waals surface area contributed by atoms with Crippen molar-refractivity contribution in [3.63, 3.8) is 0 Å². The maximum atomic E-state index is 13.5. The van der Waals surface area contributed by atoms with Gasteiger partial charge in [-0.3, -0.25) is 0 Å². The van der Waals surface area contributed by atoms with E-state index in [1.165, 1.54) is 35.1 Å². The minimum atomic E-state index is -3.59. The van der Waals surface area contributed by atoms with Crippen molar-refractivity contribution < 1.29 is 17.9 Å². The molecule has 0 bridgehead atoms. The molecule has 0 aliphatic heterocycles. The van der Waals surface area contributed by atoms with Crippen LogP contribution in [-0.4, -0.2) is 50.8 Å². The molecule has 148 valence electrons. The van der Waals surface area contributed by atoms with Crippen LogP contribution in [0.5, 0.6) is 0 Å². The van der Waals surface area contributed by atoms with Crippen LogP contribution in [0.2, 0.25) is 0 Å². The SMILES string of the molecule is O=S(=O)(CCO)c1cccc(Nc2ncc3nnn(-c4cccc(F)c4)c3n2)c1. The van der Waals surface area contributed by atoms with E-state index in [1.807, 2.05) is 0 Å². The van der Waals surface area contributed by atoms with Crippen LogP contribution in [0.15, 0.2) is 59.6 Å². The fourth-order valence-corrected chi connectivity index (χ4v) is 3.77. The third-order valence-electron chi connectivity index (χ3n) is 4.05. The molecule has 2 aromatic carbocycles. The maximum absolute atomic E-state index is 13.5. The van der Waals surface area contributed by atoms with E-state index in [2.05, 4.69) is 25.6 Å². The van der Waals surface area contributed by atoms with Gasteiger partial charge >= 0.3 is 0 Å². The molecule has 2 aromatic heterocycles. The van der Waals surface area contributed by atoms with E-state index in [1.54, 1.807) is 24.3 Å². The molecule has 0 spiro atoms. The predicted octanol–water partition coefficient (Wildman–Crippen LogP) is 1.86. The number of nitrogens with zero attached hydrogens (tertiary/aromatic N) is 5. The van der Waals surface area contributed by atoms with Gasteiger partial charge in [0.2, 0.25) is 5.95 Å². The molecule has 0 saturated heterocycles. The number of nitrogens with one attached hydrogen (secondary N) is 1. The number of sulfone groups is 1. The van der Waals surface area contributed by atoms with Crippen LogP contribution < -0.4 is 5.32 Å². The third kappa shape index (κ3) is 3.91. The highest BCUT2D eigenvalue weighted by Gasteiger charge is 2.15. The fraction of sp³-hybridized carbons (Fsp3) is 0.111. The average Bonchev–Trinajstić information content (AvgIpc) is 3.11. The summed E-state index contributed by atoms with van der Waals surface area (Å²) >= 11 is 0. The Balaban J connectivity index is 1.68. The zero-order valence-corrected chi connectivity index (χ0v) is 15.7. The Morgan fingerprint density at radius 1 is 1.14 bits per heavy atom. The highest BCUT2D eigenvalue weighted by atomic mass is 32.2. The minimum absolute atomic E-state index is 0.0732. The van der Waals surface area contributed by atoms with Gasteiger partial charge in [-0.2, -0.15) is 9.67 Å². The zero-order valence-electron chi connectivity index (χ0n) is 14.9. The van der Waals surface area contributed by atoms with Crippen molar-refractivity contribution in [2.45, 2.75) is 4.90 Å². The summed E-state index contributed by atoms with van der Waals surface area (Å²) in [7, 11) is -3.59. The molecule has 9 nitrogen and oxygen atoms in total. The van der Waals surface area contributed by atoms with Crippen LogP contribution in [0.3, 0.4) is 0 Å². The number of hydrogen-bond donors (Lipinski definition) is 2. The molecule has 2 heterocycles. The summed E-state index contributed by atoms with van der Waals surface area (Å²) in [6.07, 6.45) is 1.46. The highest BCUT2D eigenvalue weighted by Crippen LogP contribution is 2.21. The summed E-state index contributed by atoms with van der Waals surface area (Å²) in [6, 6.07) is 12.0. The summed E-state index contributed by atoms with van der Waals surface area (Å²) in [6.45, 7) is -0.461. The van der Waals surface area contributed by atoms with Gasteiger partial charge in [-0.25, -0.2) is 17.8 Å². The van der Waals surface area contributed by atoms with E-state index in [4.69, 9.17) is 5.11 Å². The van der Waals surface area contributed by atoms with E-state index in [0.717, 1.165) is 0 Å². The third-order valence-corrected chi connectivity index (χ3v) is 5.75. The van der Waals surface area contributed by atoms with E-state index < -0.39 is 22.3 Å². The first-order valence-corrected chi connectivity index (χ1v) is 10.2. The molecule has 0 aliphatic rings. The lowest BCUT2D eigenvalue weighted by atomic mass is 10.3. The Labute approximate surface area is 164 Å². The molecule has 2 N–H and O–H groups in total. The largest absolute Gasteiger partial charge is 0.395 e. The van der Waals surface area contributed by atoms with E-state index in [0.29, 0.717) is 22.5 Å². The number of benzene rings is 2. The maximum Gasteiger partial charge on any atom is 0.229 e. The van der Waals surface area contributed by atoms with E-state index in [-0.39, 0.29) is 16.6 Å². The van der Waals surface area contributed by atoms with Crippen LogP contribution >= 0.6 is 0 Å². The molecule has 0 atom stereocenters. The highest BCUT2D eigenvalue weighted by molar-refractivity contribution is 7.91. The summed E-state index contributed by atoms with van der Waals surface area (Å²) in [5, 5.41) is 19.8. The Bertz CT molecular complexity index is 1290. The smallest absolute Gasteiger partial charge is 0.229 e. The summed E-state index contributed by atoms with van der Waals surface area (Å²) in [4.78, 5) is 8.60. The molecule has 11 heteroatoms. The van der Waals surface area contributed by atoms with Crippen molar-refractivity contribution in [2.24, 2.45) is 0 Å². The molecule has 29 heavy (non-hydrogen) atoms. The second-order valence-corrected chi connectivity index (χ2v) is 8.19. The van der Waals surface area contributed by atoms with Crippen molar-refractivity contribution in [1.82, 2.24) is 25.0 Å². The number of aromatic nitrogens is 5. The molecular formula is C18H15FN6O3S. The summed E-state index contributed by atoms with van der Waals surface area (Å²) in [5.41, 5.74) is 1.68. The number of fused-ring (bicyclic) bond motifs is 1. The second-order valence-electron chi connectivity index (χ2n) is 6.08. The van der Waals surface area contributed by atoms with Crippen LogP contribution in [0.1, 0.15) is 0 Å². The first-order valence-electron chi connectivity index (χ1n) is 8.51. The molecule has 0 saturated carbocycles. The van der Waals surface area contributed by atoms with Crippen LogP contribution in [0.25, 0.3) is 16.9 Å². The predicted molar refractivity (Wildman–Crippen MR) is 103 cm³/mol. The standard InChI is InChI=1S/C18H15FN6O3S/c19-12-3-1-5-14(9-12)25-17-16(23-24-25)11-20-18(22-17)21-13-4-2-6-15(10-13)29(27,28)8-7-26/h1-6,9-11,26H,7-8H2,(H,20,21,22). The van der Waals surface area contributed by atoms with Gasteiger partial charge in [0.15, 0.2) is 21.0 Å². The van der Waals surface area contributed by atoms with Crippen molar-refractivity contribution >= 4 is 32.6 Å². The van der Waals surface area contributed by atoms with Crippen molar-refractivity contribution in [3.8, 4) is 5.69 Å². The van der Waals surface area contributed by atoms with Gasteiger partial charge < -0.3 is 10.4 Å². The molecule has 0 fully saturated rings. The molecule has 0 unspecified atom stereocenters. The van der Waals surface area contributed by atoms with Crippen molar-refractivity contribution in [3.05, 3.63) is 60.5 Å². The molecular weight excluding hydrogens is 399 g/mol. The summed E-state index contributed by atoms with van der Waals surface area (Å²) in [5.74, 6) is -0.592. The first kappa shape index (κ1) is 18.9. The van der Waals surface area contributed by atoms with Crippen LogP contribution in [-0.2, 0) is 9.84 Å². The average molecular weight is 414 g/mol. The van der Waals surface area contributed by atoms with Gasteiger partial charge in [0, 0.05) is 5.69 Å². The second kappa shape index (κ2) is 7.53. The zero-order chi connectivity index (χ0) is 20.4. The number of aliphatic hydroxyl groups excluding tert-OH is 1. The molecule has 0 radical (unpaired) electrons. The molecule has 0 amide bonds. The lowest BCUT2D eigenvalue weighted by Crippen LogP contribution is -2.10. The number of halogens is 1. The number of anilines is 2. The lowest BCUT2D eigenvalue weighted by molar-refractivity contribution is 0.319. The molecule has 4 rings (SSSR count). The van der Waals surface area contributed by atoms with Crippen molar-refractivity contribution in [2.75, 3.05) is 17.7 Å². The number of hydrogen-bond acceptors (Lipinski definition) is 8. The topological polar surface area (TPSA) is 123 Å². The number of rotatable bonds is 6. The van der Waals surface area contributed by atoms with E-state index in [9.17, 15) is 12.8 Å². The van der Waals surface area contributed by atoms with Crippen LogP contribution in [0.4, 0.5) is 16.0 Å². The van der Waals surface area contributed by atoms with Gasteiger partial charge in [0.25, 0.3) is 0 Å². The monoisotopic (exact) mass is 414 g/mol. The minimum Gasteiger partial charge on any atom is -0.395 e. The van der Waals surface area contributed by atoms with E-state index >= 15 is 0 Å². The fourth-order valence-electron chi connectivity index (χ4n) is 2.70. The normalized spacial score (nSPS) is 11.7. The van der Waals surface area contributed by atoms with Gasteiger partial charge in [0.05, 0.1) is 29.1 Å². The quantitative estimate of drug-likeness (QED) is 0.490. The Morgan fingerprint density at radius 2 is 1.97 bits per heavy atom. The van der Waals surface area contributed by atoms with Gasteiger partial charge in [-0.15, -0.1) is 5.10 Å². The lowest BCUT2D eigenvalue weighted by Gasteiger charge is -2.08.